The first-order valence-corrected chi connectivity index (χ1v) is 6.75. The second-order valence-electron chi connectivity index (χ2n) is 5.02. The summed E-state index contributed by atoms with van der Waals surface area (Å²) in [7, 11) is 0. The summed E-state index contributed by atoms with van der Waals surface area (Å²) in [4.78, 5) is 11.3. The maximum atomic E-state index is 11.3. The van der Waals surface area contributed by atoms with Crippen LogP contribution in [0.25, 0.3) is 5.69 Å². The number of aromatic nitrogens is 2. The minimum atomic E-state index is -1.02. The van der Waals surface area contributed by atoms with Crippen molar-refractivity contribution in [3.63, 3.8) is 0 Å². The van der Waals surface area contributed by atoms with Crippen molar-refractivity contribution < 1.29 is 14.6 Å². The van der Waals surface area contributed by atoms with Crippen LogP contribution in [0, 0.1) is 5.92 Å². The van der Waals surface area contributed by atoms with Crippen molar-refractivity contribution in [2.75, 3.05) is 6.61 Å². The molecular formula is C15H16N2O3. The molecule has 1 aromatic heterocycles. The zero-order valence-corrected chi connectivity index (χ0v) is 11.0. The molecule has 1 aliphatic carbocycles. The molecule has 1 aliphatic rings. The van der Waals surface area contributed by atoms with Gasteiger partial charge in [-0.15, -0.1) is 0 Å². The van der Waals surface area contributed by atoms with Crippen molar-refractivity contribution in [1.29, 1.82) is 0 Å². The quantitative estimate of drug-likeness (QED) is 0.909. The molecule has 0 saturated heterocycles. The molecule has 1 heterocycles. The molecule has 0 amide bonds. The van der Waals surface area contributed by atoms with Crippen molar-refractivity contribution in [3.05, 3.63) is 42.1 Å². The van der Waals surface area contributed by atoms with Gasteiger partial charge in [0.1, 0.15) is 5.56 Å². The molecule has 1 fully saturated rings. The van der Waals surface area contributed by atoms with Crippen molar-refractivity contribution in [2.45, 2.75) is 19.3 Å². The third-order valence-corrected chi connectivity index (χ3v) is 3.64. The Kier molecular flexibility index (Phi) is 3.41. The molecule has 5 nitrogen and oxygen atoms in total. The first kappa shape index (κ1) is 12.7. The Labute approximate surface area is 116 Å². The van der Waals surface area contributed by atoms with Gasteiger partial charge in [-0.2, -0.15) is 5.10 Å². The average molecular weight is 272 g/mol. The van der Waals surface area contributed by atoms with Crippen molar-refractivity contribution in [3.8, 4) is 11.6 Å². The zero-order chi connectivity index (χ0) is 13.9. The summed E-state index contributed by atoms with van der Waals surface area (Å²) in [5, 5.41) is 13.4. The highest BCUT2D eigenvalue weighted by Crippen LogP contribution is 2.29. The number of hydrogen-bond donors (Lipinski definition) is 1. The Hall–Kier alpha value is -2.30. The molecule has 1 aromatic carbocycles. The molecule has 2 aromatic rings. The van der Waals surface area contributed by atoms with Gasteiger partial charge in [0.25, 0.3) is 0 Å². The number of aromatic carboxylic acids is 1. The summed E-state index contributed by atoms with van der Waals surface area (Å²) in [6.45, 7) is 0.554. The Morgan fingerprint density at radius 2 is 2.10 bits per heavy atom. The molecule has 5 heteroatoms. The Balaban J connectivity index is 1.90. The lowest BCUT2D eigenvalue weighted by Crippen LogP contribution is -2.21. The number of carboxylic acid groups (broad SMARTS) is 1. The van der Waals surface area contributed by atoms with E-state index in [2.05, 4.69) is 5.10 Å². The number of hydrogen-bond acceptors (Lipinski definition) is 3. The molecule has 0 atom stereocenters. The van der Waals surface area contributed by atoms with Gasteiger partial charge >= 0.3 is 5.97 Å². The van der Waals surface area contributed by atoms with Crippen molar-refractivity contribution in [2.24, 2.45) is 5.92 Å². The third kappa shape index (κ3) is 2.39. The number of ether oxygens (including phenoxy) is 1. The van der Waals surface area contributed by atoms with E-state index in [0.29, 0.717) is 18.4 Å². The summed E-state index contributed by atoms with van der Waals surface area (Å²) in [5.74, 6) is -0.165. The van der Waals surface area contributed by atoms with Crippen LogP contribution in [0.3, 0.4) is 0 Å². The van der Waals surface area contributed by atoms with Crippen LogP contribution in [-0.4, -0.2) is 27.5 Å². The minimum absolute atomic E-state index is 0.105. The molecule has 0 radical (unpaired) electrons. The second kappa shape index (κ2) is 5.36. The topological polar surface area (TPSA) is 64.3 Å². The van der Waals surface area contributed by atoms with E-state index in [9.17, 15) is 9.90 Å². The number of carbonyl (C=O) groups is 1. The van der Waals surface area contributed by atoms with E-state index in [4.69, 9.17) is 4.74 Å². The van der Waals surface area contributed by atoms with Gasteiger partial charge < -0.3 is 9.84 Å². The number of benzene rings is 1. The second-order valence-corrected chi connectivity index (χ2v) is 5.02. The van der Waals surface area contributed by atoms with Gasteiger partial charge in [-0.25, -0.2) is 9.48 Å². The van der Waals surface area contributed by atoms with Crippen LogP contribution in [0.1, 0.15) is 29.6 Å². The number of para-hydroxylation sites is 1. The van der Waals surface area contributed by atoms with Crippen LogP contribution in [0.4, 0.5) is 0 Å². The predicted molar refractivity (Wildman–Crippen MR) is 73.4 cm³/mol. The van der Waals surface area contributed by atoms with E-state index in [0.717, 1.165) is 18.5 Å². The van der Waals surface area contributed by atoms with Crippen LogP contribution in [0.2, 0.25) is 0 Å². The van der Waals surface area contributed by atoms with E-state index >= 15 is 0 Å². The SMILES string of the molecule is O=C(O)c1cnn(-c2ccccc2)c1OCC1CCC1. The predicted octanol–water partition coefficient (Wildman–Crippen LogP) is 2.75. The standard InChI is InChI=1S/C15H16N2O3/c18-15(19)13-9-16-17(12-7-2-1-3-8-12)14(13)20-10-11-5-4-6-11/h1-3,7-9,11H,4-6,10H2,(H,18,19). The van der Waals surface area contributed by atoms with Gasteiger partial charge in [0, 0.05) is 0 Å². The molecule has 3 rings (SSSR count). The van der Waals surface area contributed by atoms with Gasteiger partial charge in [-0.05, 0) is 30.9 Å². The molecule has 0 aliphatic heterocycles. The normalized spacial score (nSPS) is 14.8. The lowest BCUT2D eigenvalue weighted by molar-refractivity contribution is 0.0689. The van der Waals surface area contributed by atoms with Gasteiger partial charge in [0.15, 0.2) is 0 Å². The Bertz CT molecular complexity index is 603. The molecule has 20 heavy (non-hydrogen) atoms. The molecule has 0 bridgehead atoms. The molecule has 1 saturated carbocycles. The highest BCUT2D eigenvalue weighted by atomic mass is 16.5. The molecule has 0 spiro atoms. The smallest absolute Gasteiger partial charge is 0.342 e. The lowest BCUT2D eigenvalue weighted by Gasteiger charge is -2.25. The maximum absolute atomic E-state index is 11.3. The fourth-order valence-corrected chi connectivity index (χ4v) is 2.23. The molecule has 0 unspecified atom stereocenters. The molecule has 104 valence electrons. The van der Waals surface area contributed by atoms with Crippen LogP contribution in [0.5, 0.6) is 5.88 Å². The van der Waals surface area contributed by atoms with Crippen molar-refractivity contribution >= 4 is 5.97 Å². The highest BCUT2D eigenvalue weighted by Gasteiger charge is 2.23. The highest BCUT2D eigenvalue weighted by molar-refractivity contribution is 5.90. The number of nitrogens with zero attached hydrogens (tertiary/aromatic N) is 2. The van der Waals surface area contributed by atoms with Crippen LogP contribution in [0.15, 0.2) is 36.5 Å². The molecular weight excluding hydrogens is 256 g/mol. The van der Waals surface area contributed by atoms with Crippen molar-refractivity contribution in [1.82, 2.24) is 9.78 Å². The summed E-state index contributed by atoms with van der Waals surface area (Å²) >= 11 is 0. The first-order chi connectivity index (χ1) is 9.75. The Morgan fingerprint density at radius 1 is 1.35 bits per heavy atom. The summed E-state index contributed by atoms with van der Waals surface area (Å²) in [6, 6.07) is 9.41. The van der Waals surface area contributed by atoms with E-state index in [1.54, 1.807) is 4.68 Å². The van der Waals surface area contributed by atoms with Crippen LogP contribution >= 0.6 is 0 Å². The summed E-state index contributed by atoms with van der Waals surface area (Å²) < 4.78 is 7.29. The summed E-state index contributed by atoms with van der Waals surface area (Å²) in [6.07, 6.45) is 4.88. The van der Waals surface area contributed by atoms with Gasteiger partial charge in [-0.3, -0.25) is 0 Å². The Morgan fingerprint density at radius 3 is 2.70 bits per heavy atom. The molecule has 1 N–H and O–H groups in total. The average Bonchev–Trinajstić information content (AvgIpc) is 2.82. The van der Waals surface area contributed by atoms with Crippen LogP contribution < -0.4 is 4.74 Å². The van der Waals surface area contributed by atoms with Crippen LogP contribution in [-0.2, 0) is 0 Å². The minimum Gasteiger partial charge on any atom is -0.477 e. The first-order valence-electron chi connectivity index (χ1n) is 6.75. The summed E-state index contributed by atoms with van der Waals surface area (Å²) in [5.41, 5.74) is 0.900. The van der Waals surface area contributed by atoms with Gasteiger partial charge in [0.05, 0.1) is 18.5 Å². The fraction of sp³-hybridized carbons (Fsp3) is 0.333. The van der Waals surface area contributed by atoms with Gasteiger partial charge in [-0.1, -0.05) is 24.6 Å². The van der Waals surface area contributed by atoms with E-state index < -0.39 is 5.97 Å². The van der Waals surface area contributed by atoms with E-state index in [1.807, 2.05) is 30.3 Å². The monoisotopic (exact) mass is 272 g/mol. The maximum Gasteiger partial charge on any atom is 0.342 e. The lowest BCUT2D eigenvalue weighted by atomic mass is 9.86. The van der Waals surface area contributed by atoms with Gasteiger partial charge in [0.2, 0.25) is 5.88 Å². The third-order valence-electron chi connectivity index (χ3n) is 3.64. The zero-order valence-electron chi connectivity index (χ0n) is 11.0. The van der Waals surface area contributed by atoms with E-state index in [-0.39, 0.29) is 5.56 Å². The number of rotatable bonds is 5. The number of carboxylic acids is 1. The largest absolute Gasteiger partial charge is 0.477 e. The van der Waals surface area contributed by atoms with E-state index in [1.165, 1.54) is 12.6 Å². The fourth-order valence-electron chi connectivity index (χ4n) is 2.23.